The molecule has 31 nitrogen and oxygen atoms in total. The van der Waals surface area contributed by atoms with Crippen molar-refractivity contribution in [3.8, 4) is 0 Å². The standard InChI is InChI=1S/C25H43N13O10.C10H24N2O2.H2O4S/c26-3-1-2-10(27)4-16(41)32-12-6-30-23(47)18(11-5-17(42)37-24(28)36-11)38-20(44)13(7-31-25(29)48)33-21(45)14(8-39)35-22(46)15(9-40)34-19(12)43;1-3-9(7-13)11-5-6-12-10(4-2)8-14;1-5(2,3)4/h7,10-12,14-15,17-18,39-40,42H,1-6,8-9,26-27H2,(H,30,47)(H,32,41)(H,33,45)(H,34,43)(H,35,46)(H,38,44)(H3,28,36,37)(H3,29,31,48);9-14H,3-8H2,1-2H3;(H2,1,2,3,4)/b13-7-;;/t10?,11-,12?,14?,15?,17+,18-;9-,10-;/m10./s1. The Morgan fingerprint density at radius 3 is 1.88 bits per heavy atom. The lowest BCUT2D eigenvalue weighted by Crippen LogP contribution is -2.63. The minimum Gasteiger partial charge on any atom is -0.395 e. The molecule has 2 heterocycles. The van der Waals surface area contributed by atoms with Gasteiger partial charge in [-0.2, -0.15) is 8.42 Å². The van der Waals surface area contributed by atoms with Gasteiger partial charge in [0.2, 0.25) is 29.5 Å². The molecule has 0 bridgehead atoms. The third-order valence-electron chi connectivity index (χ3n) is 9.31. The molecule has 0 saturated carbocycles. The Hall–Kier alpha value is -5.39. The number of carbonyl (C=O) groups excluding carboxylic acids is 7. The summed E-state index contributed by atoms with van der Waals surface area (Å²) in [5, 5.41) is 71.9. The molecule has 8 amide bonds. The summed E-state index contributed by atoms with van der Waals surface area (Å²) in [6, 6.07) is -9.40. The fourth-order valence-electron chi connectivity index (χ4n) is 5.67. The molecular formula is C35H69N15O16S. The summed E-state index contributed by atoms with van der Waals surface area (Å²) in [4.78, 5) is 94.3. The molecule has 67 heavy (non-hydrogen) atoms. The van der Waals surface area contributed by atoms with Gasteiger partial charge >= 0.3 is 16.4 Å². The molecule has 0 spiro atoms. The maximum Gasteiger partial charge on any atom is 0.394 e. The number of hydrogen-bond acceptors (Lipinski definition) is 21. The monoisotopic (exact) mass is 987 g/mol. The summed E-state index contributed by atoms with van der Waals surface area (Å²) < 4.78 is 31.6. The number of nitrogens with zero attached hydrogens (tertiary/aromatic N) is 1. The predicted molar refractivity (Wildman–Crippen MR) is 236 cm³/mol. The quantitative estimate of drug-likeness (QED) is 0.0325. The summed E-state index contributed by atoms with van der Waals surface area (Å²) in [6.45, 7) is 3.76. The van der Waals surface area contributed by atoms with Crippen molar-refractivity contribution >= 4 is 57.8 Å². The number of guanidine groups is 1. The molecule has 32 heteroatoms. The number of aliphatic hydroxyl groups excluding tert-OH is 5. The number of urea groups is 1. The smallest absolute Gasteiger partial charge is 0.394 e. The SMILES string of the molecule is CC[C@@H](CO)NCCN[C@@H](CC)CO.NCCCC(N)CC(=O)NC1CNC(=O)[C@@H]([C@H]2C[C@H](O)NC(N)=N2)NC(=O)/C(=C/NC(N)=O)NC(=O)C(CO)NC(=O)C(CO)NC1=O.O=S(=O)(O)O. The van der Waals surface area contributed by atoms with Gasteiger partial charge in [0.05, 0.1) is 32.5 Å². The van der Waals surface area contributed by atoms with Gasteiger partial charge in [0.1, 0.15) is 36.1 Å². The van der Waals surface area contributed by atoms with Crippen LogP contribution in [0.1, 0.15) is 52.4 Å². The van der Waals surface area contributed by atoms with Crippen LogP contribution in [0.4, 0.5) is 4.79 Å². The minimum absolute atomic E-state index is 0.188. The number of primary amides is 1. The highest BCUT2D eigenvalue weighted by Crippen LogP contribution is 2.13. The van der Waals surface area contributed by atoms with Crippen LogP contribution in [0.5, 0.6) is 0 Å². The Morgan fingerprint density at radius 1 is 0.866 bits per heavy atom. The van der Waals surface area contributed by atoms with Crippen LogP contribution < -0.4 is 76.1 Å². The summed E-state index contributed by atoms with van der Waals surface area (Å²) in [7, 11) is -4.67. The van der Waals surface area contributed by atoms with Gasteiger partial charge in [-0.1, -0.05) is 13.8 Å². The molecule has 1 saturated heterocycles. The Balaban J connectivity index is 0.00000191. The van der Waals surface area contributed by atoms with Crippen molar-refractivity contribution in [1.82, 2.24) is 53.2 Å². The molecule has 25 N–H and O–H groups in total. The maximum atomic E-state index is 13.6. The van der Waals surface area contributed by atoms with Crippen molar-refractivity contribution in [1.29, 1.82) is 0 Å². The highest BCUT2D eigenvalue weighted by Gasteiger charge is 2.37. The van der Waals surface area contributed by atoms with Gasteiger partial charge in [0, 0.05) is 56.8 Å². The van der Waals surface area contributed by atoms with Crippen LogP contribution in [0.2, 0.25) is 0 Å². The van der Waals surface area contributed by atoms with E-state index in [1.54, 1.807) is 0 Å². The second kappa shape index (κ2) is 33.1. The van der Waals surface area contributed by atoms with Crippen molar-refractivity contribution in [3.63, 3.8) is 0 Å². The lowest BCUT2D eigenvalue weighted by molar-refractivity contribution is -0.135. The van der Waals surface area contributed by atoms with Crippen LogP contribution in [0.3, 0.4) is 0 Å². The second-order valence-electron chi connectivity index (χ2n) is 14.7. The van der Waals surface area contributed by atoms with E-state index < -0.39 is 120 Å². The Labute approximate surface area is 386 Å². The fraction of sp³-hybridized carbons (Fsp3) is 0.714. The van der Waals surface area contributed by atoms with E-state index in [1.165, 1.54) is 0 Å². The van der Waals surface area contributed by atoms with E-state index in [9.17, 15) is 48.9 Å². The maximum absolute atomic E-state index is 13.6. The summed E-state index contributed by atoms with van der Waals surface area (Å²) in [5.74, 6) is -6.69. The van der Waals surface area contributed by atoms with Crippen LogP contribution >= 0.6 is 0 Å². The average molecular weight is 988 g/mol. The molecular weight excluding hydrogens is 919 g/mol. The summed E-state index contributed by atoms with van der Waals surface area (Å²) in [5.41, 5.74) is 21.5. The molecule has 386 valence electrons. The van der Waals surface area contributed by atoms with Gasteiger partial charge in [-0.05, 0) is 32.2 Å². The van der Waals surface area contributed by atoms with E-state index in [0.717, 1.165) is 25.9 Å². The Morgan fingerprint density at radius 2 is 1.40 bits per heavy atom. The zero-order chi connectivity index (χ0) is 51.3. The highest BCUT2D eigenvalue weighted by molar-refractivity contribution is 7.79. The first-order valence-corrected chi connectivity index (χ1v) is 22.3. The lowest BCUT2D eigenvalue weighted by Gasteiger charge is -2.31. The molecule has 2 aliphatic rings. The number of hydrogen-bond donors (Lipinski definition) is 21. The number of nitrogens with one attached hydrogen (secondary N) is 10. The molecule has 4 unspecified atom stereocenters. The van der Waals surface area contributed by atoms with Crippen LogP contribution in [0.25, 0.3) is 0 Å². The van der Waals surface area contributed by atoms with Crippen molar-refractivity contribution in [2.75, 3.05) is 52.6 Å². The topological polar surface area (TPSA) is 532 Å². The fourth-order valence-corrected chi connectivity index (χ4v) is 5.67. The van der Waals surface area contributed by atoms with E-state index in [1.807, 2.05) is 19.2 Å². The van der Waals surface area contributed by atoms with E-state index in [-0.39, 0.29) is 44.1 Å². The number of nitrogens with two attached hydrogens (primary N) is 4. The first kappa shape index (κ1) is 61.6. The normalized spacial score (nSPS) is 23.8. The van der Waals surface area contributed by atoms with Crippen LogP contribution in [-0.2, 0) is 39.2 Å². The molecule has 1 fully saturated rings. The van der Waals surface area contributed by atoms with E-state index >= 15 is 0 Å². The molecule has 9 atom stereocenters. The minimum atomic E-state index is -4.67. The third kappa shape index (κ3) is 27.1. The highest BCUT2D eigenvalue weighted by atomic mass is 32.3. The van der Waals surface area contributed by atoms with E-state index in [0.29, 0.717) is 25.6 Å². The van der Waals surface area contributed by atoms with Crippen molar-refractivity contribution in [2.24, 2.45) is 27.9 Å². The zero-order valence-corrected chi connectivity index (χ0v) is 38.0. The van der Waals surface area contributed by atoms with E-state index in [2.05, 4.69) is 52.8 Å². The predicted octanol–water partition coefficient (Wildman–Crippen LogP) is -9.83. The number of aliphatic hydroxyl groups is 5. The summed E-state index contributed by atoms with van der Waals surface area (Å²) >= 11 is 0. The first-order chi connectivity index (χ1) is 31.5. The van der Waals surface area contributed by atoms with Gasteiger partial charge in [-0.15, -0.1) is 0 Å². The van der Waals surface area contributed by atoms with Gasteiger partial charge < -0.3 is 102 Å². The number of rotatable bonds is 19. The molecule has 2 aliphatic heterocycles. The van der Waals surface area contributed by atoms with E-state index in [4.69, 9.17) is 50.7 Å². The zero-order valence-electron chi connectivity index (χ0n) is 37.1. The third-order valence-corrected chi connectivity index (χ3v) is 9.31. The number of amides is 8. The molecule has 2 rings (SSSR count). The summed E-state index contributed by atoms with van der Waals surface area (Å²) in [6.07, 6.45) is 1.62. The van der Waals surface area contributed by atoms with Crippen LogP contribution in [0.15, 0.2) is 16.9 Å². The molecule has 0 aromatic heterocycles. The number of aliphatic imine (C=N–C) groups is 1. The molecule has 0 aliphatic carbocycles. The van der Waals surface area contributed by atoms with Gasteiger partial charge in [-0.25, -0.2) is 9.79 Å². The van der Waals surface area contributed by atoms with Crippen LogP contribution in [-0.4, -0.2) is 198 Å². The average Bonchev–Trinajstić information content (AvgIpc) is 3.25. The Bertz CT molecular complexity index is 1730. The largest absolute Gasteiger partial charge is 0.395 e. The van der Waals surface area contributed by atoms with Gasteiger partial charge in [-0.3, -0.25) is 37.9 Å². The van der Waals surface area contributed by atoms with Gasteiger partial charge in [0.25, 0.3) is 5.91 Å². The lowest BCUT2D eigenvalue weighted by atomic mass is 10.0. The molecule has 0 aromatic rings. The van der Waals surface area contributed by atoms with Crippen molar-refractivity contribution < 1.29 is 76.6 Å². The van der Waals surface area contributed by atoms with Crippen molar-refractivity contribution in [2.45, 2.75) is 107 Å². The van der Waals surface area contributed by atoms with Gasteiger partial charge in [0.15, 0.2) is 5.96 Å². The van der Waals surface area contributed by atoms with Crippen LogP contribution in [0, 0.1) is 0 Å². The number of carbonyl (C=O) groups is 7. The molecule has 0 radical (unpaired) electrons. The van der Waals surface area contributed by atoms with Crippen molar-refractivity contribution in [3.05, 3.63) is 11.9 Å². The Kier molecular flexibility index (Phi) is 30.5. The first-order valence-electron chi connectivity index (χ1n) is 20.9. The second-order valence-corrected chi connectivity index (χ2v) is 15.6. The molecule has 0 aromatic carbocycles.